The van der Waals surface area contributed by atoms with Crippen LogP contribution in [0, 0.1) is 0 Å². The molecule has 0 radical (unpaired) electrons. The number of benzene rings is 2. The van der Waals surface area contributed by atoms with Gasteiger partial charge in [-0.25, -0.2) is 0 Å². The van der Waals surface area contributed by atoms with E-state index in [2.05, 4.69) is 36.2 Å². The lowest BCUT2D eigenvalue weighted by Crippen LogP contribution is -2.48. The first-order valence-electron chi connectivity index (χ1n) is 10.7. The van der Waals surface area contributed by atoms with Gasteiger partial charge in [-0.1, -0.05) is 45.0 Å². The van der Waals surface area contributed by atoms with E-state index in [1.54, 1.807) is 6.08 Å². The Kier molecular flexibility index (Phi) is 7.28. The second kappa shape index (κ2) is 10.1. The minimum absolute atomic E-state index is 0.151. The standard InChI is InChI=1S/C25H31N3O2/c1-4-25(30)28-17-15-27(16-18-28)23-12-10-22(11-13-23)26-24(29)14-7-20-5-8-21(9-6-20)19(2)3/h5-14,19H,4,15-18H2,1-3H3,(H,26,29)/b14-7+. The fourth-order valence-corrected chi connectivity index (χ4v) is 3.54. The van der Waals surface area contributed by atoms with Crippen molar-refractivity contribution in [1.82, 2.24) is 4.90 Å². The summed E-state index contributed by atoms with van der Waals surface area (Å²) in [6.45, 7) is 9.40. The highest BCUT2D eigenvalue weighted by atomic mass is 16.2. The van der Waals surface area contributed by atoms with Gasteiger partial charge in [0.05, 0.1) is 0 Å². The molecule has 0 saturated carbocycles. The molecule has 0 unspecified atom stereocenters. The Bertz CT molecular complexity index is 878. The van der Waals surface area contributed by atoms with Gasteiger partial charge in [0.25, 0.3) is 0 Å². The Labute approximate surface area is 179 Å². The minimum Gasteiger partial charge on any atom is -0.368 e. The van der Waals surface area contributed by atoms with Crippen LogP contribution in [0.2, 0.25) is 0 Å². The first-order valence-corrected chi connectivity index (χ1v) is 10.7. The van der Waals surface area contributed by atoms with Crippen LogP contribution in [0.1, 0.15) is 44.2 Å². The SMILES string of the molecule is CCC(=O)N1CCN(c2ccc(NC(=O)/C=C/c3ccc(C(C)C)cc3)cc2)CC1. The van der Waals surface area contributed by atoms with Crippen molar-refractivity contribution in [1.29, 1.82) is 0 Å². The number of piperazine rings is 1. The lowest BCUT2D eigenvalue weighted by molar-refractivity contribution is -0.131. The lowest BCUT2D eigenvalue weighted by Gasteiger charge is -2.36. The second-order valence-electron chi connectivity index (χ2n) is 7.91. The van der Waals surface area contributed by atoms with E-state index in [9.17, 15) is 9.59 Å². The Hall–Kier alpha value is -3.08. The molecule has 1 fully saturated rings. The number of carbonyl (C=O) groups excluding carboxylic acids is 2. The van der Waals surface area contributed by atoms with E-state index in [0.717, 1.165) is 43.1 Å². The van der Waals surface area contributed by atoms with E-state index in [1.165, 1.54) is 5.56 Å². The number of anilines is 2. The molecule has 5 nitrogen and oxygen atoms in total. The summed E-state index contributed by atoms with van der Waals surface area (Å²) in [6.07, 6.45) is 3.94. The molecule has 0 aromatic heterocycles. The monoisotopic (exact) mass is 405 g/mol. The Morgan fingerprint density at radius 3 is 2.17 bits per heavy atom. The van der Waals surface area contributed by atoms with Gasteiger partial charge in [-0.2, -0.15) is 0 Å². The second-order valence-corrected chi connectivity index (χ2v) is 7.91. The van der Waals surface area contributed by atoms with Crippen molar-refractivity contribution in [2.45, 2.75) is 33.1 Å². The summed E-state index contributed by atoms with van der Waals surface area (Å²) >= 11 is 0. The third-order valence-electron chi connectivity index (χ3n) is 5.47. The van der Waals surface area contributed by atoms with Gasteiger partial charge in [0.1, 0.15) is 0 Å². The summed E-state index contributed by atoms with van der Waals surface area (Å²) in [5, 5.41) is 2.90. The minimum atomic E-state index is -0.151. The zero-order valence-corrected chi connectivity index (χ0v) is 18.1. The molecule has 1 N–H and O–H groups in total. The van der Waals surface area contributed by atoms with Crippen LogP contribution in [-0.2, 0) is 9.59 Å². The quantitative estimate of drug-likeness (QED) is 0.719. The topological polar surface area (TPSA) is 52.7 Å². The number of nitrogens with zero attached hydrogens (tertiary/aromatic N) is 2. The highest BCUT2D eigenvalue weighted by Crippen LogP contribution is 2.20. The summed E-state index contributed by atoms with van der Waals surface area (Å²) in [6, 6.07) is 16.1. The molecule has 5 heteroatoms. The predicted molar refractivity (Wildman–Crippen MR) is 124 cm³/mol. The van der Waals surface area contributed by atoms with E-state index in [4.69, 9.17) is 0 Å². The van der Waals surface area contributed by atoms with Gasteiger partial charge in [-0.15, -0.1) is 0 Å². The molecule has 2 aromatic carbocycles. The largest absolute Gasteiger partial charge is 0.368 e. The molecular weight excluding hydrogens is 374 g/mol. The third-order valence-corrected chi connectivity index (χ3v) is 5.47. The van der Waals surface area contributed by atoms with E-state index in [1.807, 2.05) is 54.3 Å². The summed E-state index contributed by atoms with van der Waals surface area (Å²) < 4.78 is 0. The highest BCUT2D eigenvalue weighted by Gasteiger charge is 2.19. The Balaban J connectivity index is 1.51. The van der Waals surface area contributed by atoms with Crippen molar-refractivity contribution in [3.63, 3.8) is 0 Å². The molecule has 0 spiro atoms. The van der Waals surface area contributed by atoms with Gasteiger partial charge in [0.15, 0.2) is 0 Å². The molecule has 30 heavy (non-hydrogen) atoms. The van der Waals surface area contributed by atoms with Crippen molar-refractivity contribution in [3.05, 3.63) is 65.7 Å². The number of hydrogen-bond acceptors (Lipinski definition) is 3. The number of nitrogens with one attached hydrogen (secondary N) is 1. The molecule has 3 rings (SSSR count). The fraction of sp³-hybridized carbons (Fsp3) is 0.360. The Morgan fingerprint density at radius 2 is 1.60 bits per heavy atom. The third kappa shape index (κ3) is 5.72. The van der Waals surface area contributed by atoms with Crippen molar-refractivity contribution in [2.24, 2.45) is 0 Å². The van der Waals surface area contributed by atoms with Gasteiger partial charge in [-0.3, -0.25) is 9.59 Å². The van der Waals surface area contributed by atoms with Gasteiger partial charge in [0.2, 0.25) is 11.8 Å². The predicted octanol–water partition coefficient (Wildman–Crippen LogP) is 4.52. The molecule has 2 aromatic rings. The van der Waals surface area contributed by atoms with Crippen LogP contribution in [0.5, 0.6) is 0 Å². The van der Waals surface area contributed by atoms with E-state index < -0.39 is 0 Å². The summed E-state index contributed by atoms with van der Waals surface area (Å²) in [5.74, 6) is 0.566. The first kappa shape index (κ1) is 21.6. The number of carbonyl (C=O) groups is 2. The molecule has 1 heterocycles. The molecule has 1 aliphatic heterocycles. The van der Waals surface area contributed by atoms with Crippen molar-refractivity contribution in [3.8, 4) is 0 Å². The van der Waals surface area contributed by atoms with Gasteiger partial charge in [0, 0.05) is 50.1 Å². The normalized spacial score (nSPS) is 14.4. The Morgan fingerprint density at radius 1 is 0.967 bits per heavy atom. The van der Waals surface area contributed by atoms with Crippen LogP contribution in [0.15, 0.2) is 54.6 Å². The van der Waals surface area contributed by atoms with Crippen LogP contribution in [-0.4, -0.2) is 42.9 Å². The number of amides is 2. The van der Waals surface area contributed by atoms with Gasteiger partial charge >= 0.3 is 0 Å². The average molecular weight is 406 g/mol. The zero-order valence-electron chi connectivity index (χ0n) is 18.1. The van der Waals surface area contributed by atoms with Crippen molar-refractivity contribution < 1.29 is 9.59 Å². The fourth-order valence-electron chi connectivity index (χ4n) is 3.54. The molecule has 0 atom stereocenters. The van der Waals surface area contributed by atoms with Crippen LogP contribution < -0.4 is 10.2 Å². The maximum Gasteiger partial charge on any atom is 0.248 e. The smallest absolute Gasteiger partial charge is 0.248 e. The van der Waals surface area contributed by atoms with Crippen LogP contribution >= 0.6 is 0 Å². The van der Waals surface area contributed by atoms with Crippen LogP contribution in [0.3, 0.4) is 0 Å². The molecule has 158 valence electrons. The summed E-state index contributed by atoms with van der Waals surface area (Å²) in [4.78, 5) is 28.2. The van der Waals surface area contributed by atoms with Crippen LogP contribution in [0.25, 0.3) is 6.08 Å². The van der Waals surface area contributed by atoms with E-state index in [-0.39, 0.29) is 11.8 Å². The number of hydrogen-bond donors (Lipinski definition) is 1. The summed E-state index contributed by atoms with van der Waals surface area (Å²) in [7, 11) is 0. The highest BCUT2D eigenvalue weighted by molar-refractivity contribution is 6.02. The molecule has 2 amide bonds. The average Bonchev–Trinajstić information content (AvgIpc) is 2.78. The number of rotatable bonds is 6. The van der Waals surface area contributed by atoms with Crippen LogP contribution in [0.4, 0.5) is 11.4 Å². The molecule has 0 bridgehead atoms. The molecule has 1 saturated heterocycles. The molecule has 1 aliphatic rings. The lowest BCUT2D eigenvalue weighted by atomic mass is 10.0. The first-order chi connectivity index (χ1) is 14.5. The zero-order chi connectivity index (χ0) is 21.5. The van der Waals surface area contributed by atoms with E-state index >= 15 is 0 Å². The van der Waals surface area contributed by atoms with Crippen molar-refractivity contribution in [2.75, 3.05) is 36.4 Å². The van der Waals surface area contributed by atoms with Gasteiger partial charge < -0.3 is 15.1 Å². The van der Waals surface area contributed by atoms with Crippen molar-refractivity contribution >= 4 is 29.3 Å². The summed E-state index contributed by atoms with van der Waals surface area (Å²) in [5.41, 5.74) is 4.17. The maximum absolute atomic E-state index is 12.2. The molecule has 0 aliphatic carbocycles. The maximum atomic E-state index is 12.2. The van der Waals surface area contributed by atoms with E-state index in [0.29, 0.717) is 12.3 Å². The molecular formula is C25H31N3O2. The van der Waals surface area contributed by atoms with Gasteiger partial charge in [-0.05, 0) is 47.4 Å².